The number of hydrogen-bond donors (Lipinski definition) is 2. The number of anilines is 1. The number of carbonyl (C=O) groups is 2. The van der Waals surface area contributed by atoms with E-state index in [1.165, 1.54) is 36.7 Å². The highest BCUT2D eigenvalue weighted by Gasteiger charge is 2.43. The van der Waals surface area contributed by atoms with Gasteiger partial charge in [0.15, 0.2) is 0 Å². The van der Waals surface area contributed by atoms with Crippen molar-refractivity contribution in [1.29, 1.82) is 0 Å². The van der Waals surface area contributed by atoms with Crippen LogP contribution in [-0.4, -0.2) is 52.6 Å². The highest BCUT2D eigenvalue weighted by molar-refractivity contribution is 7.92. The molecule has 1 aliphatic heterocycles. The number of nitrogens with zero attached hydrogens (tertiary/aromatic N) is 3. The standard InChI is InChI=1S/C27H23F3N4O5S/c28-27(29,30)26(37)33-11-10-17-6-8-21(12-19(17)15-33)40(38,39)32-20-7-9-23-22(13-20)31-16-34(23)24(14-25(35)36)18-4-2-1-3-5-18/h1-9,12-13,16,24,32H,10-11,14-15H2,(H,35,36). The van der Waals surface area contributed by atoms with Gasteiger partial charge in [-0.1, -0.05) is 36.4 Å². The van der Waals surface area contributed by atoms with Crippen LogP contribution < -0.4 is 4.72 Å². The molecule has 2 N–H and O–H groups in total. The van der Waals surface area contributed by atoms with E-state index in [-0.39, 0.29) is 36.5 Å². The zero-order valence-electron chi connectivity index (χ0n) is 20.8. The molecule has 0 fully saturated rings. The van der Waals surface area contributed by atoms with Gasteiger partial charge >= 0.3 is 18.1 Å². The first-order valence-corrected chi connectivity index (χ1v) is 13.6. The molecule has 2 heterocycles. The van der Waals surface area contributed by atoms with Gasteiger partial charge in [-0.3, -0.25) is 14.3 Å². The Labute approximate surface area is 226 Å². The second-order valence-corrected chi connectivity index (χ2v) is 11.1. The van der Waals surface area contributed by atoms with Crippen molar-refractivity contribution in [2.24, 2.45) is 0 Å². The van der Waals surface area contributed by atoms with Crippen molar-refractivity contribution in [1.82, 2.24) is 14.5 Å². The summed E-state index contributed by atoms with van der Waals surface area (Å²) >= 11 is 0. The third-order valence-corrected chi connectivity index (χ3v) is 8.12. The van der Waals surface area contributed by atoms with Crippen LogP contribution in [0.2, 0.25) is 0 Å². The molecule has 0 radical (unpaired) electrons. The molecule has 9 nitrogen and oxygen atoms in total. The molecule has 1 aliphatic rings. The number of fused-ring (bicyclic) bond motifs is 2. The van der Waals surface area contributed by atoms with E-state index in [4.69, 9.17) is 0 Å². The molecule has 0 aliphatic carbocycles. The molecule has 0 bridgehead atoms. The van der Waals surface area contributed by atoms with Crippen LogP contribution >= 0.6 is 0 Å². The van der Waals surface area contributed by atoms with Gasteiger partial charge < -0.3 is 14.6 Å². The fourth-order valence-electron chi connectivity index (χ4n) is 4.83. The van der Waals surface area contributed by atoms with Gasteiger partial charge in [0.25, 0.3) is 10.0 Å². The number of carboxylic acids is 1. The molecular weight excluding hydrogens is 549 g/mol. The number of carboxylic acid groups (broad SMARTS) is 1. The molecule has 40 heavy (non-hydrogen) atoms. The third-order valence-electron chi connectivity index (χ3n) is 6.75. The molecule has 208 valence electrons. The molecule has 1 atom stereocenters. The van der Waals surface area contributed by atoms with Crippen LogP contribution in [0.4, 0.5) is 18.9 Å². The number of benzene rings is 3. The van der Waals surface area contributed by atoms with Crippen LogP contribution in [0.5, 0.6) is 0 Å². The van der Waals surface area contributed by atoms with E-state index in [0.29, 0.717) is 27.1 Å². The minimum Gasteiger partial charge on any atom is -0.481 e. The van der Waals surface area contributed by atoms with Crippen LogP contribution in [0.15, 0.2) is 78.0 Å². The van der Waals surface area contributed by atoms with Crippen molar-refractivity contribution in [2.75, 3.05) is 11.3 Å². The number of imidazole rings is 1. The lowest BCUT2D eigenvalue weighted by Gasteiger charge is -2.29. The first-order chi connectivity index (χ1) is 18.9. The summed E-state index contributed by atoms with van der Waals surface area (Å²) in [6, 6.07) is 17.4. The van der Waals surface area contributed by atoms with Crippen LogP contribution in [0, 0.1) is 0 Å². The minimum atomic E-state index is -5.01. The molecule has 3 aromatic carbocycles. The quantitative estimate of drug-likeness (QED) is 0.340. The maximum atomic E-state index is 13.2. The Kier molecular flexibility index (Phi) is 7.00. The molecule has 1 amide bonds. The smallest absolute Gasteiger partial charge is 0.471 e. The Morgan fingerprint density at radius 1 is 1.02 bits per heavy atom. The van der Waals surface area contributed by atoms with Crippen molar-refractivity contribution >= 4 is 38.6 Å². The predicted octanol–water partition coefficient (Wildman–Crippen LogP) is 4.35. The highest BCUT2D eigenvalue weighted by atomic mass is 32.2. The van der Waals surface area contributed by atoms with Gasteiger partial charge in [-0.2, -0.15) is 13.2 Å². The zero-order valence-corrected chi connectivity index (χ0v) is 21.6. The largest absolute Gasteiger partial charge is 0.481 e. The molecule has 0 spiro atoms. The number of rotatable bonds is 7. The second kappa shape index (κ2) is 10.3. The van der Waals surface area contributed by atoms with Crippen LogP contribution in [0.25, 0.3) is 11.0 Å². The normalized spacial score (nSPS) is 14.5. The second-order valence-electron chi connectivity index (χ2n) is 9.39. The number of carbonyl (C=O) groups excluding carboxylic acids is 1. The Hall–Kier alpha value is -4.39. The summed E-state index contributed by atoms with van der Waals surface area (Å²) in [7, 11) is -4.14. The van der Waals surface area contributed by atoms with Gasteiger partial charge in [0.1, 0.15) is 0 Å². The number of amides is 1. The van der Waals surface area contributed by atoms with Gasteiger partial charge in [-0.25, -0.2) is 13.4 Å². The number of aliphatic carboxylic acids is 1. The fraction of sp³-hybridized carbons (Fsp3) is 0.222. The average Bonchev–Trinajstić information content (AvgIpc) is 3.33. The van der Waals surface area contributed by atoms with E-state index in [0.717, 1.165) is 5.56 Å². The summed E-state index contributed by atoms with van der Waals surface area (Å²) in [4.78, 5) is 28.1. The Morgan fingerprint density at radius 3 is 2.48 bits per heavy atom. The van der Waals surface area contributed by atoms with Crippen LogP contribution in [-0.2, 0) is 32.6 Å². The fourth-order valence-corrected chi connectivity index (χ4v) is 5.93. The average molecular weight is 573 g/mol. The molecule has 1 unspecified atom stereocenters. The van der Waals surface area contributed by atoms with E-state index in [2.05, 4.69) is 9.71 Å². The maximum Gasteiger partial charge on any atom is 0.471 e. The van der Waals surface area contributed by atoms with Gasteiger partial charge in [-0.05, 0) is 53.4 Å². The molecule has 4 aromatic rings. The summed E-state index contributed by atoms with van der Waals surface area (Å²) in [5.74, 6) is -2.95. The van der Waals surface area contributed by atoms with Crippen molar-refractivity contribution < 1.29 is 36.3 Å². The summed E-state index contributed by atoms with van der Waals surface area (Å²) in [5, 5.41) is 9.47. The molecule has 5 rings (SSSR count). The van der Waals surface area contributed by atoms with E-state index in [1.807, 2.05) is 30.3 Å². The van der Waals surface area contributed by atoms with Crippen LogP contribution in [0.3, 0.4) is 0 Å². The molecule has 13 heteroatoms. The van der Waals surface area contributed by atoms with Gasteiger partial charge in [-0.15, -0.1) is 0 Å². The molecule has 1 aromatic heterocycles. The highest BCUT2D eigenvalue weighted by Crippen LogP contribution is 2.30. The summed E-state index contributed by atoms with van der Waals surface area (Å²) in [6.45, 7) is -0.459. The van der Waals surface area contributed by atoms with Gasteiger partial charge in [0.05, 0.1) is 40.4 Å². The Bertz CT molecular complexity index is 1700. The number of sulfonamides is 1. The van der Waals surface area contributed by atoms with Crippen molar-refractivity contribution in [3.63, 3.8) is 0 Å². The van der Waals surface area contributed by atoms with Gasteiger partial charge in [0, 0.05) is 13.1 Å². The lowest BCUT2D eigenvalue weighted by Crippen LogP contribution is -2.43. The van der Waals surface area contributed by atoms with E-state index < -0.39 is 34.1 Å². The first kappa shape index (κ1) is 27.2. The first-order valence-electron chi connectivity index (χ1n) is 12.2. The predicted molar refractivity (Wildman–Crippen MR) is 139 cm³/mol. The lowest BCUT2D eigenvalue weighted by atomic mass is 10.00. The van der Waals surface area contributed by atoms with Gasteiger partial charge in [0.2, 0.25) is 0 Å². The molecular formula is C27H23F3N4O5S. The third kappa shape index (κ3) is 5.50. The zero-order chi connectivity index (χ0) is 28.7. The monoisotopic (exact) mass is 572 g/mol. The molecule has 0 saturated heterocycles. The minimum absolute atomic E-state index is 0.111. The Balaban J connectivity index is 1.40. The number of hydrogen-bond acceptors (Lipinski definition) is 5. The number of alkyl halides is 3. The number of halogens is 3. The maximum absolute atomic E-state index is 13.2. The van der Waals surface area contributed by atoms with E-state index >= 15 is 0 Å². The van der Waals surface area contributed by atoms with Crippen molar-refractivity contribution in [3.8, 4) is 0 Å². The van der Waals surface area contributed by atoms with Crippen molar-refractivity contribution in [3.05, 3.63) is 89.7 Å². The summed E-state index contributed by atoms with van der Waals surface area (Å²) in [5.41, 5.74) is 2.99. The number of nitrogens with one attached hydrogen (secondary N) is 1. The summed E-state index contributed by atoms with van der Waals surface area (Å²) < 4.78 is 69.2. The SMILES string of the molecule is O=C(O)CC(c1ccccc1)n1cnc2cc(NS(=O)(=O)c3ccc4c(c3)CN(C(=O)C(F)(F)F)CC4)ccc21. The van der Waals surface area contributed by atoms with E-state index in [1.54, 1.807) is 10.6 Å². The van der Waals surface area contributed by atoms with Crippen molar-refractivity contribution in [2.45, 2.75) is 36.5 Å². The Morgan fingerprint density at radius 2 is 1.77 bits per heavy atom. The summed E-state index contributed by atoms with van der Waals surface area (Å²) in [6.07, 6.45) is -3.52. The lowest BCUT2D eigenvalue weighted by molar-refractivity contribution is -0.186. The number of aromatic nitrogens is 2. The van der Waals surface area contributed by atoms with Crippen LogP contribution in [0.1, 0.15) is 29.2 Å². The topological polar surface area (TPSA) is 122 Å². The molecule has 0 saturated carbocycles. The van der Waals surface area contributed by atoms with E-state index in [9.17, 15) is 36.3 Å².